The van der Waals surface area contributed by atoms with Gasteiger partial charge in [-0.2, -0.15) is 4.98 Å². The summed E-state index contributed by atoms with van der Waals surface area (Å²) >= 11 is 0. The lowest BCUT2D eigenvalue weighted by atomic mass is 10.2. The number of nitrogens with zero attached hydrogens (tertiary/aromatic N) is 3. The van der Waals surface area contributed by atoms with Crippen LogP contribution in [-0.4, -0.2) is 15.2 Å². The fourth-order valence-electron chi connectivity index (χ4n) is 1.70. The molecule has 0 bridgehead atoms. The molecule has 0 aliphatic rings. The minimum Gasteiger partial charge on any atom is -0.423 e. The molecule has 0 saturated heterocycles. The Hall–Kier alpha value is -2.37. The summed E-state index contributed by atoms with van der Waals surface area (Å²) in [6, 6.07) is 6.44. The molecular formula is C13H14N4O2. The molecular weight excluding hydrogens is 244 g/mol. The van der Waals surface area contributed by atoms with Crippen LogP contribution in [0.25, 0.3) is 11.1 Å². The van der Waals surface area contributed by atoms with Crippen LogP contribution in [0.3, 0.4) is 0 Å². The molecule has 19 heavy (non-hydrogen) atoms. The van der Waals surface area contributed by atoms with Gasteiger partial charge in [0.15, 0.2) is 5.58 Å². The van der Waals surface area contributed by atoms with Gasteiger partial charge in [-0.15, -0.1) is 5.10 Å². The van der Waals surface area contributed by atoms with Gasteiger partial charge in [-0.05, 0) is 24.6 Å². The fraction of sp³-hybridized carbons (Fsp3) is 0.308. The molecule has 2 aromatic heterocycles. The predicted molar refractivity (Wildman–Crippen MR) is 70.4 cm³/mol. The molecule has 0 aliphatic heterocycles. The summed E-state index contributed by atoms with van der Waals surface area (Å²) in [5, 5.41) is 10.7. The Morgan fingerprint density at radius 3 is 2.68 bits per heavy atom. The maximum Gasteiger partial charge on any atom is 0.323 e. The van der Waals surface area contributed by atoms with E-state index in [-0.39, 0.29) is 11.9 Å². The van der Waals surface area contributed by atoms with Crippen LogP contribution in [0.1, 0.15) is 31.2 Å². The van der Waals surface area contributed by atoms with Crippen LogP contribution in [0, 0.1) is 6.92 Å². The van der Waals surface area contributed by atoms with E-state index < -0.39 is 0 Å². The molecule has 3 rings (SSSR count). The van der Waals surface area contributed by atoms with Crippen LogP contribution in [0.15, 0.2) is 27.0 Å². The van der Waals surface area contributed by atoms with E-state index in [4.69, 9.17) is 8.83 Å². The fourth-order valence-corrected chi connectivity index (χ4v) is 1.70. The molecule has 0 amide bonds. The largest absolute Gasteiger partial charge is 0.423 e. The molecule has 0 spiro atoms. The summed E-state index contributed by atoms with van der Waals surface area (Å²) < 4.78 is 11.0. The van der Waals surface area contributed by atoms with Crippen molar-refractivity contribution in [3.63, 3.8) is 0 Å². The number of anilines is 2. The average Bonchev–Trinajstić information content (AvgIpc) is 2.95. The second kappa shape index (κ2) is 4.38. The molecule has 1 aromatic carbocycles. The first-order valence-electron chi connectivity index (χ1n) is 6.09. The number of aromatic nitrogens is 3. The lowest BCUT2D eigenvalue weighted by Gasteiger charge is -1.95. The Kier molecular flexibility index (Phi) is 2.70. The monoisotopic (exact) mass is 258 g/mol. The third-order valence-electron chi connectivity index (χ3n) is 2.69. The van der Waals surface area contributed by atoms with Crippen molar-refractivity contribution in [1.82, 2.24) is 15.2 Å². The minimum atomic E-state index is 0.189. The molecule has 0 unspecified atom stereocenters. The van der Waals surface area contributed by atoms with Gasteiger partial charge in [0.1, 0.15) is 5.52 Å². The Balaban J connectivity index is 1.87. The maximum absolute atomic E-state index is 5.55. The Morgan fingerprint density at radius 1 is 1.11 bits per heavy atom. The molecule has 6 nitrogen and oxygen atoms in total. The SMILES string of the molecule is Cc1ccc2oc(Nc3nnc(C(C)C)o3)nc2c1. The van der Waals surface area contributed by atoms with E-state index in [0.29, 0.717) is 11.9 Å². The van der Waals surface area contributed by atoms with E-state index in [1.807, 2.05) is 39.0 Å². The van der Waals surface area contributed by atoms with E-state index in [1.54, 1.807) is 0 Å². The highest BCUT2D eigenvalue weighted by atomic mass is 16.4. The van der Waals surface area contributed by atoms with Gasteiger partial charge in [-0.3, -0.25) is 5.32 Å². The summed E-state index contributed by atoms with van der Waals surface area (Å²) in [5.41, 5.74) is 2.65. The zero-order valence-electron chi connectivity index (χ0n) is 11.0. The van der Waals surface area contributed by atoms with Crippen LogP contribution in [0.4, 0.5) is 12.0 Å². The minimum absolute atomic E-state index is 0.189. The van der Waals surface area contributed by atoms with Crippen molar-refractivity contribution in [2.45, 2.75) is 26.7 Å². The first kappa shape index (κ1) is 11.7. The van der Waals surface area contributed by atoms with E-state index >= 15 is 0 Å². The summed E-state index contributed by atoms with van der Waals surface area (Å²) in [6.45, 7) is 5.98. The molecule has 3 aromatic rings. The topological polar surface area (TPSA) is 77.0 Å². The lowest BCUT2D eigenvalue weighted by molar-refractivity contribution is 0.480. The van der Waals surface area contributed by atoms with Crippen LogP contribution in [0.5, 0.6) is 0 Å². The molecule has 2 heterocycles. The van der Waals surface area contributed by atoms with Crippen LogP contribution >= 0.6 is 0 Å². The molecule has 98 valence electrons. The predicted octanol–water partition coefficient (Wildman–Crippen LogP) is 3.39. The number of hydrogen-bond donors (Lipinski definition) is 1. The summed E-state index contributed by atoms with van der Waals surface area (Å²) in [4.78, 5) is 4.32. The smallest absolute Gasteiger partial charge is 0.323 e. The number of fused-ring (bicyclic) bond motifs is 1. The Bertz CT molecular complexity index is 714. The number of oxazole rings is 1. The quantitative estimate of drug-likeness (QED) is 0.776. The Labute approximate surface area is 109 Å². The third kappa shape index (κ3) is 2.29. The average molecular weight is 258 g/mol. The van der Waals surface area contributed by atoms with E-state index in [2.05, 4.69) is 20.5 Å². The van der Waals surface area contributed by atoms with E-state index in [9.17, 15) is 0 Å². The second-order valence-corrected chi connectivity index (χ2v) is 4.72. The van der Waals surface area contributed by atoms with Gasteiger partial charge >= 0.3 is 12.0 Å². The van der Waals surface area contributed by atoms with Crippen molar-refractivity contribution in [3.05, 3.63) is 29.7 Å². The summed E-state index contributed by atoms with van der Waals surface area (Å²) in [5.74, 6) is 0.767. The van der Waals surface area contributed by atoms with Crippen molar-refractivity contribution in [1.29, 1.82) is 0 Å². The van der Waals surface area contributed by atoms with Crippen molar-refractivity contribution in [3.8, 4) is 0 Å². The van der Waals surface area contributed by atoms with Crippen molar-refractivity contribution in [2.75, 3.05) is 5.32 Å². The highest BCUT2D eigenvalue weighted by molar-refractivity contribution is 5.75. The number of hydrogen-bond acceptors (Lipinski definition) is 6. The lowest BCUT2D eigenvalue weighted by Crippen LogP contribution is -1.89. The molecule has 0 aliphatic carbocycles. The normalized spacial score (nSPS) is 11.4. The van der Waals surface area contributed by atoms with Crippen molar-refractivity contribution >= 4 is 23.1 Å². The van der Waals surface area contributed by atoms with Crippen LogP contribution in [-0.2, 0) is 0 Å². The van der Waals surface area contributed by atoms with Gasteiger partial charge in [-0.1, -0.05) is 25.0 Å². The molecule has 0 fully saturated rings. The van der Waals surface area contributed by atoms with Gasteiger partial charge in [0, 0.05) is 5.92 Å². The molecule has 1 N–H and O–H groups in total. The summed E-state index contributed by atoms with van der Waals surface area (Å²) in [7, 11) is 0. The van der Waals surface area contributed by atoms with Gasteiger partial charge in [0.05, 0.1) is 0 Å². The highest BCUT2D eigenvalue weighted by Crippen LogP contribution is 2.23. The van der Waals surface area contributed by atoms with Gasteiger partial charge in [0.25, 0.3) is 0 Å². The van der Waals surface area contributed by atoms with Gasteiger partial charge < -0.3 is 8.83 Å². The van der Waals surface area contributed by atoms with Crippen LogP contribution in [0.2, 0.25) is 0 Å². The molecule has 0 saturated carbocycles. The summed E-state index contributed by atoms with van der Waals surface area (Å²) in [6.07, 6.45) is 0. The maximum atomic E-state index is 5.55. The third-order valence-corrected chi connectivity index (χ3v) is 2.69. The zero-order chi connectivity index (χ0) is 13.4. The number of benzene rings is 1. The number of rotatable bonds is 3. The van der Waals surface area contributed by atoms with E-state index in [0.717, 1.165) is 16.7 Å². The first-order valence-corrected chi connectivity index (χ1v) is 6.09. The van der Waals surface area contributed by atoms with Gasteiger partial charge in [0.2, 0.25) is 5.89 Å². The van der Waals surface area contributed by atoms with E-state index in [1.165, 1.54) is 0 Å². The second-order valence-electron chi connectivity index (χ2n) is 4.72. The van der Waals surface area contributed by atoms with Gasteiger partial charge in [-0.25, -0.2) is 0 Å². The van der Waals surface area contributed by atoms with Crippen molar-refractivity contribution in [2.24, 2.45) is 0 Å². The van der Waals surface area contributed by atoms with Crippen molar-refractivity contribution < 1.29 is 8.83 Å². The number of aryl methyl sites for hydroxylation is 1. The molecule has 0 atom stereocenters. The standard InChI is InChI=1S/C13H14N4O2/c1-7(2)11-16-17-13(19-11)15-12-14-9-6-8(3)4-5-10(9)18-12/h4-7H,1-3H3,(H,14,15,17). The highest BCUT2D eigenvalue weighted by Gasteiger charge is 2.12. The Morgan fingerprint density at radius 2 is 1.95 bits per heavy atom. The molecule has 6 heteroatoms. The zero-order valence-corrected chi connectivity index (χ0v) is 11.0. The van der Waals surface area contributed by atoms with Crippen LogP contribution < -0.4 is 5.32 Å². The molecule has 0 radical (unpaired) electrons. The number of nitrogens with one attached hydrogen (secondary N) is 1. The first-order chi connectivity index (χ1) is 9.11.